The van der Waals surface area contributed by atoms with Crippen LogP contribution in [-0.4, -0.2) is 28.9 Å². The molecule has 0 radical (unpaired) electrons. The molecule has 0 spiro atoms. The van der Waals surface area contributed by atoms with Crippen LogP contribution in [0.3, 0.4) is 0 Å². The van der Waals surface area contributed by atoms with Crippen LogP contribution in [0.25, 0.3) is 0 Å². The monoisotopic (exact) mass is 196 g/mol. The summed E-state index contributed by atoms with van der Waals surface area (Å²) in [7, 11) is 0. The first-order valence-electron chi connectivity index (χ1n) is 4.26. The molecule has 0 aromatic carbocycles. The minimum atomic E-state index is -1.37. The van der Waals surface area contributed by atoms with Gasteiger partial charge in [-0.1, -0.05) is 6.07 Å². The lowest BCUT2D eigenvalue weighted by molar-refractivity contribution is -0.151. The lowest BCUT2D eigenvalue weighted by atomic mass is 10.4. The number of anilines is 1. The zero-order valence-electron chi connectivity index (χ0n) is 7.80. The van der Waals surface area contributed by atoms with E-state index in [1.807, 2.05) is 0 Å². The summed E-state index contributed by atoms with van der Waals surface area (Å²) in [6, 6.07) is 5.12. The number of carbonyl (C=O) groups is 1. The molecule has 2 N–H and O–H groups in total. The van der Waals surface area contributed by atoms with Crippen molar-refractivity contribution in [3.05, 3.63) is 24.4 Å². The van der Waals surface area contributed by atoms with Crippen molar-refractivity contribution in [3.63, 3.8) is 0 Å². The van der Waals surface area contributed by atoms with E-state index in [4.69, 9.17) is 0 Å². The number of pyridine rings is 1. The molecule has 0 bridgehead atoms. The van der Waals surface area contributed by atoms with Gasteiger partial charge in [0.25, 0.3) is 0 Å². The molecule has 1 rings (SSSR count). The molecular weight excluding hydrogens is 184 g/mol. The maximum atomic E-state index is 11.0. The number of hydrogen-bond donors (Lipinski definition) is 2. The van der Waals surface area contributed by atoms with Gasteiger partial charge < -0.3 is 15.2 Å². The van der Waals surface area contributed by atoms with Gasteiger partial charge in [0.2, 0.25) is 6.23 Å². The zero-order chi connectivity index (χ0) is 10.4. The first kappa shape index (κ1) is 10.5. The molecule has 76 valence electrons. The largest absolute Gasteiger partial charge is 0.463 e. The molecule has 1 heterocycles. The fourth-order valence-electron chi connectivity index (χ4n) is 0.868. The Hall–Kier alpha value is -1.62. The molecule has 0 unspecified atom stereocenters. The molecule has 0 saturated carbocycles. The molecule has 0 amide bonds. The SMILES string of the molecule is CCOC(=O)[C@@H](O)Nc1ccccn1. The first-order valence-corrected chi connectivity index (χ1v) is 4.26. The Morgan fingerprint density at radius 3 is 3.07 bits per heavy atom. The fourth-order valence-corrected chi connectivity index (χ4v) is 0.868. The van der Waals surface area contributed by atoms with Gasteiger partial charge in [-0.2, -0.15) is 0 Å². The number of carbonyl (C=O) groups excluding carboxylic acids is 1. The highest BCUT2D eigenvalue weighted by Crippen LogP contribution is 2.01. The molecule has 0 aliphatic rings. The Balaban J connectivity index is 2.49. The maximum Gasteiger partial charge on any atom is 0.356 e. The number of nitrogens with zero attached hydrogens (tertiary/aromatic N) is 1. The average Bonchev–Trinajstić information content (AvgIpc) is 2.19. The van der Waals surface area contributed by atoms with E-state index < -0.39 is 12.2 Å². The van der Waals surface area contributed by atoms with Gasteiger partial charge in [-0.05, 0) is 19.1 Å². The minimum Gasteiger partial charge on any atom is -0.463 e. The van der Waals surface area contributed by atoms with Crippen LogP contribution in [0.15, 0.2) is 24.4 Å². The molecule has 0 saturated heterocycles. The van der Waals surface area contributed by atoms with E-state index in [-0.39, 0.29) is 6.61 Å². The number of esters is 1. The van der Waals surface area contributed by atoms with Crippen LogP contribution in [0.1, 0.15) is 6.92 Å². The summed E-state index contributed by atoms with van der Waals surface area (Å²) in [4.78, 5) is 14.9. The normalized spacial score (nSPS) is 11.9. The molecular formula is C9H12N2O3. The van der Waals surface area contributed by atoms with Crippen molar-refractivity contribution in [3.8, 4) is 0 Å². The lowest BCUT2D eigenvalue weighted by Crippen LogP contribution is -2.31. The van der Waals surface area contributed by atoms with Gasteiger partial charge >= 0.3 is 5.97 Å². The van der Waals surface area contributed by atoms with Gasteiger partial charge in [0.15, 0.2) is 0 Å². The summed E-state index contributed by atoms with van der Waals surface area (Å²) < 4.78 is 4.60. The lowest BCUT2D eigenvalue weighted by Gasteiger charge is -2.11. The van der Waals surface area contributed by atoms with Gasteiger partial charge in [-0.25, -0.2) is 9.78 Å². The highest BCUT2D eigenvalue weighted by atomic mass is 16.5. The van der Waals surface area contributed by atoms with E-state index in [1.54, 1.807) is 31.3 Å². The molecule has 1 atom stereocenters. The zero-order valence-corrected chi connectivity index (χ0v) is 7.80. The molecule has 0 aliphatic carbocycles. The summed E-state index contributed by atoms with van der Waals surface area (Å²) in [5.74, 6) is -0.286. The van der Waals surface area contributed by atoms with Gasteiger partial charge in [0.1, 0.15) is 5.82 Å². The Bertz CT molecular complexity index is 289. The van der Waals surface area contributed by atoms with Crippen molar-refractivity contribution < 1.29 is 14.6 Å². The molecule has 5 nitrogen and oxygen atoms in total. The Morgan fingerprint density at radius 2 is 2.50 bits per heavy atom. The van der Waals surface area contributed by atoms with Crippen molar-refractivity contribution in [2.24, 2.45) is 0 Å². The van der Waals surface area contributed by atoms with Crippen LogP contribution in [0, 0.1) is 0 Å². The molecule has 0 aliphatic heterocycles. The van der Waals surface area contributed by atoms with Crippen LogP contribution in [0.5, 0.6) is 0 Å². The van der Waals surface area contributed by atoms with Crippen LogP contribution in [-0.2, 0) is 9.53 Å². The molecule has 0 fully saturated rings. The first-order chi connectivity index (χ1) is 6.74. The second-order valence-corrected chi connectivity index (χ2v) is 2.51. The molecule has 1 aromatic heterocycles. The van der Waals surface area contributed by atoms with Gasteiger partial charge in [-0.3, -0.25) is 0 Å². The second kappa shape index (κ2) is 5.18. The van der Waals surface area contributed by atoms with Gasteiger partial charge in [0.05, 0.1) is 6.61 Å². The number of hydrogen-bond acceptors (Lipinski definition) is 5. The number of aliphatic hydroxyl groups is 1. The van der Waals surface area contributed by atoms with Gasteiger partial charge in [-0.15, -0.1) is 0 Å². The Kier molecular flexibility index (Phi) is 3.87. The topological polar surface area (TPSA) is 71.5 Å². The summed E-state index contributed by atoms with van der Waals surface area (Å²) >= 11 is 0. The third-order valence-corrected chi connectivity index (χ3v) is 1.46. The summed E-state index contributed by atoms with van der Waals surface area (Å²) in [5.41, 5.74) is 0. The van der Waals surface area contributed by atoms with E-state index in [9.17, 15) is 9.90 Å². The van der Waals surface area contributed by atoms with E-state index in [2.05, 4.69) is 15.0 Å². The third kappa shape index (κ3) is 3.02. The number of aromatic nitrogens is 1. The van der Waals surface area contributed by atoms with Gasteiger partial charge in [0, 0.05) is 6.20 Å². The quantitative estimate of drug-likeness (QED) is 0.538. The fraction of sp³-hybridized carbons (Fsp3) is 0.333. The highest BCUT2D eigenvalue weighted by molar-refractivity contribution is 5.76. The Labute approximate surface area is 81.7 Å². The number of aliphatic hydroxyl groups excluding tert-OH is 1. The van der Waals surface area contributed by atoms with Crippen molar-refractivity contribution in [2.45, 2.75) is 13.2 Å². The van der Waals surface area contributed by atoms with Crippen LogP contribution in [0.2, 0.25) is 0 Å². The molecule has 5 heteroatoms. The van der Waals surface area contributed by atoms with Crippen molar-refractivity contribution in [2.75, 3.05) is 11.9 Å². The van der Waals surface area contributed by atoms with Crippen LogP contribution in [0.4, 0.5) is 5.82 Å². The van der Waals surface area contributed by atoms with Crippen molar-refractivity contribution in [1.29, 1.82) is 0 Å². The Morgan fingerprint density at radius 1 is 1.71 bits per heavy atom. The van der Waals surface area contributed by atoms with E-state index in [0.29, 0.717) is 5.82 Å². The third-order valence-electron chi connectivity index (χ3n) is 1.46. The summed E-state index contributed by atoms with van der Waals surface area (Å²) in [5, 5.41) is 11.8. The van der Waals surface area contributed by atoms with Crippen molar-refractivity contribution >= 4 is 11.8 Å². The van der Waals surface area contributed by atoms with E-state index >= 15 is 0 Å². The maximum absolute atomic E-state index is 11.0. The number of ether oxygens (including phenoxy) is 1. The smallest absolute Gasteiger partial charge is 0.356 e. The standard InChI is InChI=1S/C9H12N2O3/c1-2-14-9(13)8(12)11-7-5-3-4-6-10-7/h3-6,8,12H,2H2,1H3,(H,10,11)/t8-/m1/s1. The average molecular weight is 196 g/mol. The number of nitrogens with one attached hydrogen (secondary N) is 1. The predicted molar refractivity (Wildman–Crippen MR) is 50.5 cm³/mol. The molecule has 1 aromatic rings. The van der Waals surface area contributed by atoms with E-state index in [1.165, 1.54) is 0 Å². The van der Waals surface area contributed by atoms with Crippen molar-refractivity contribution in [1.82, 2.24) is 4.98 Å². The van der Waals surface area contributed by atoms with Crippen LogP contribution >= 0.6 is 0 Å². The summed E-state index contributed by atoms with van der Waals surface area (Å²) in [6.45, 7) is 1.91. The van der Waals surface area contributed by atoms with Crippen LogP contribution < -0.4 is 5.32 Å². The summed E-state index contributed by atoms with van der Waals surface area (Å²) in [6.07, 6.45) is 0.185. The highest BCUT2D eigenvalue weighted by Gasteiger charge is 2.15. The van der Waals surface area contributed by atoms with E-state index in [0.717, 1.165) is 0 Å². The minimum absolute atomic E-state index is 0.236. The number of rotatable bonds is 4. The second-order valence-electron chi connectivity index (χ2n) is 2.51. The molecule has 14 heavy (non-hydrogen) atoms. The predicted octanol–water partition coefficient (Wildman–Crippen LogP) is 0.375.